The molecule has 0 spiro atoms. The lowest BCUT2D eigenvalue weighted by molar-refractivity contribution is 0.0689. The van der Waals surface area contributed by atoms with Gasteiger partial charge in [-0.2, -0.15) is 4.52 Å². The van der Waals surface area contributed by atoms with E-state index in [4.69, 9.17) is 23.2 Å². The SMILES string of the molecule is CCc1nc2sc([C@@H](c3ccc(Cl)c(Cl)c3)N3CCC(O)CC3)c(O)n2n1. The Balaban J connectivity index is 1.80. The highest BCUT2D eigenvalue weighted by Crippen LogP contribution is 2.42. The predicted octanol–water partition coefficient (Wildman–Crippen LogP) is 3.91. The van der Waals surface area contributed by atoms with Crippen molar-refractivity contribution in [3.8, 4) is 5.88 Å². The quantitative estimate of drug-likeness (QED) is 0.661. The van der Waals surface area contributed by atoms with E-state index < -0.39 is 0 Å². The van der Waals surface area contributed by atoms with Crippen LogP contribution in [0.3, 0.4) is 0 Å². The first-order chi connectivity index (χ1) is 13.0. The molecule has 3 heterocycles. The molecule has 1 atom stereocenters. The molecule has 3 aromatic rings. The standard InChI is InChI=1S/C18H20Cl2N4O2S/c1-2-14-21-18-24(22-14)17(26)16(27-18)15(23-7-5-11(25)6-8-23)10-3-4-12(19)13(20)9-10/h3-4,9,11,15,25-26H,2,5-8H2,1H3/t15-/m1/s1. The number of fused-ring (bicyclic) bond motifs is 1. The molecule has 0 unspecified atom stereocenters. The fourth-order valence-electron chi connectivity index (χ4n) is 3.47. The van der Waals surface area contributed by atoms with Gasteiger partial charge in [-0.3, -0.25) is 4.90 Å². The van der Waals surface area contributed by atoms with Crippen molar-refractivity contribution in [2.24, 2.45) is 0 Å². The zero-order valence-corrected chi connectivity index (χ0v) is 17.1. The molecule has 1 aromatic carbocycles. The molecule has 1 saturated heterocycles. The Morgan fingerprint density at radius 1 is 1.26 bits per heavy atom. The molecule has 4 rings (SSSR count). The van der Waals surface area contributed by atoms with Crippen LogP contribution in [0.2, 0.25) is 10.0 Å². The maximum atomic E-state index is 10.9. The summed E-state index contributed by atoms with van der Waals surface area (Å²) in [5.41, 5.74) is 0.941. The molecule has 2 aromatic heterocycles. The highest BCUT2D eigenvalue weighted by atomic mass is 35.5. The molecule has 0 aliphatic carbocycles. The van der Waals surface area contributed by atoms with Gasteiger partial charge in [0.15, 0.2) is 5.82 Å². The third-order valence-electron chi connectivity index (χ3n) is 4.93. The van der Waals surface area contributed by atoms with Gasteiger partial charge in [-0.05, 0) is 30.5 Å². The summed E-state index contributed by atoms with van der Waals surface area (Å²) in [6.07, 6.45) is 1.82. The summed E-state index contributed by atoms with van der Waals surface area (Å²) in [7, 11) is 0. The zero-order valence-electron chi connectivity index (χ0n) is 14.8. The summed E-state index contributed by atoms with van der Waals surface area (Å²) >= 11 is 13.8. The molecule has 6 nitrogen and oxygen atoms in total. The maximum absolute atomic E-state index is 10.9. The van der Waals surface area contributed by atoms with Gasteiger partial charge < -0.3 is 10.2 Å². The Kier molecular flexibility index (Phi) is 5.31. The number of hydrogen-bond acceptors (Lipinski definition) is 6. The van der Waals surface area contributed by atoms with Crippen molar-refractivity contribution in [3.05, 3.63) is 44.5 Å². The van der Waals surface area contributed by atoms with Crippen molar-refractivity contribution in [1.82, 2.24) is 19.5 Å². The second-order valence-corrected chi connectivity index (χ2v) is 8.53. The molecule has 1 aliphatic rings. The van der Waals surface area contributed by atoms with Crippen LogP contribution < -0.4 is 0 Å². The number of aromatic hydroxyl groups is 1. The van der Waals surface area contributed by atoms with Crippen LogP contribution in [0.15, 0.2) is 18.2 Å². The van der Waals surface area contributed by atoms with E-state index in [1.807, 2.05) is 19.1 Å². The Labute approximate surface area is 171 Å². The number of rotatable bonds is 4. The minimum absolute atomic E-state index is 0.101. The van der Waals surface area contributed by atoms with E-state index in [1.54, 1.807) is 6.07 Å². The van der Waals surface area contributed by atoms with Crippen molar-refractivity contribution in [1.29, 1.82) is 0 Å². The monoisotopic (exact) mass is 426 g/mol. The summed E-state index contributed by atoms with van der Waals surface area (Å²) < 4.78 is 1.50. The molecular weight excluding hydrogens is 407 g/mol. The van der Waals surface area contributed by atoms with Crippen molar-refractivity contribution in [2.45, 2.75) is 38.3 Å². The van der Waals surface area contributed by atoms with Crippen LogP contribution in [0, 0.1) is 0 Å². The third kappa shape index (κ3) is 3.54. The van der Waals surface area contributed by atoms with Gasteiger partial charge in [0, 0.05) is 19.5 Å². The summed E-state index contributed by atoms with van der Waals surface area (Å²) in [5, 5.41) is 26.1. The first-order valence-electron chi connectivity index (χ1n) is 8.92. The number of hydrogen-bond donors (Lipinski definition) is 2. The number of aromatic nitrogens is 3. The molecule has 144 valence electrons. The summed E-state index contributed by atoms with van der Waals surface area (Å²) in [5.74, 6) is 0.805. The number of piperidine rings is 1. The van der Waals surface area contributed by atoms with E-state index in [2.05, 4.69) is 15.0 Å². The molecule has 0 bridgehead atoms. The number of thiazole rings is 1. The molecule has 0 amide bonds. The van der Waals surface area contributed by atoms with Gasteiger partial charge in [0.05, 0.1) is 27.1 Å². The maximum Gasteiger partial charge on any atom is 0.230 e. The Morgan fingerprint density at radius 3 is 2.63 bits per heavy atom. The average Bonchev–Trinajstić information content (AvgIpc) is 3.19. The normalized spacial score (nSPS) is 17.6. The van der Waals surface area contributed by atoms with Crippen molar-refractivity contribution >= 4 is 39.5 Å². The lowest BCUT2D eigenvalue weighted by atomic mass is 9.99. The molecule has 27 heavy (non-hydrogen) atoms. The van der Waals surface area contributed by atoms with Gasteiger partial charge in [0.1, 0.15) is 0 Å². The first-order valence-corrected chi connectivity index (χ1v) is 10.5. The van der Waals surface area contributed by atoms with Gasteiger partial charge in [-0.25, -0.2) is 4.98 Å². The largest absolute Gasteiger partial charge is 0.492 e. The van der Waals surface area contributed by atoms with Crippen LogP contribution in [-0.4, -0.2) is 48.9 Å². The fraction of sp³-hybridized carbons (Fsp3) is 0.444. The van der Waals surface area contributed by atoms with Crippen LogP contribution in [0.4, 0.5) is 0 Å². The minimum Gasteiger partial charge on any atom is -0.492 e. The number of nitrogens with zero attached hydrogens (tertiary/aromatic N) is 4. The highest BCUT2D eigenvalue weighted by molar-refractivity contribution is 7.17. The van der Waals surface area contributed by atoms with Gasteiger partial charge >= 0.3 is 0 Å². The average molecular weight is 427 g/mol. The van der Waals surface area contributed by atoms with Gasteiger partial charge in [0.25, 0.3) is 0 Å². The summed E-state index contributed by atoms with van der Waals surface area (Å²) in [4.78, 5) is 8.16. The molecule has 1 fully saturated rings. The topological polar surface area (TPSA) is 73.9 Å². The van der Waals surface area contributed by atoms with E-state index in [9.17, 15) is 10.2 Å². The molecule has 0 saturated carbocycles. The molecule has 0 radical (unpaired) electrons. The lowest BCUT2D eigenvalue weighted by Crippen LogP contribution is -2.38. The molecule has 9 heteroatoms. The van der Waals surface area contributed by atoms with Gasteiger partial charge in [0.2, 0.25) is 10.8 Å². The fourth-order valence-corrected chi connectivity index (χ4v) is 4.92. The minimum atomic E-state index is -0.279. The van der Waals surface area contributed by atoms with Crippen molar-refractivity contribution < 1.29 is 10.2 Å². The number of aliphatic hydroxyl groups excluding tert-OH is 1. The van der Waals surface area contributed by atoms with Crippen molar-refractivity contribution in [3.63, 3.8) is 0 Å². The van der Waals surface area contributed by atoms with Crippen LogP contribution >= 0.6 is 34.5 Å². The van der Waals surface area contributed by atoms with E-state index in [-0.39, 0.29) is 18.0 Å². The smallest absolute Gasteiger partial charge is 0.230 e. The van der Waals surface area contributed by atoms with Crippen molar-refractivity contribution in [2.75, 3.05) is 13.1 Å². The second-order valence-electron chi connectivity index (χ2n) is 6.71. The van der Waals surface area contributed by atoms with E-state index in [0.29, 0.717) is 40.1 Å². The third-order valence-corrected chi connectivity index (χ3v) is 6.74. The van der Waals surface area contributed by atoms with Crippen LogP contribution in [0.5, 0.6) is 5.88 Å². The van der Waals surface area contributed by atoms with Crippen LogP contribution in [0.25, 0.3) is 4.96 Å². The number of likely N-dealkylation sites (tertiary alicyclic amines) is 1. The van der Waals surface area contributed by atoms with Gasteiger partial charge in [-0.1, -0.05) is 47.5 Å². The van der Waals surface area contributed by atoms with E-state index in [1.165, 1.54) is 15.9 Å². The predicted molar refractivity (Wildman–Crippen MR) is 107 cm³/mol. The van der Waals surface area contributed by atoms with Crippen LogP contribution in [0.1, 0.15) is 42.1 Å². The number of aliphatic hydroxyl groups is 1. The Morgan fingerprint density at radius 2 is 2.00 bits per heavy atom. The molecule has 2 N–H and O–H groups in total. The summed E-state index contributed by atoms with van der Waals surface area (Å²) in [6.45, 7) is 3.42. The number of aryl methyl sites for hydroxylation is 1. The second kappa shape index (κ2) is 7.56. The first kappa shape index (κ1) is 19.0. The summed E-state index contributed by atoms with van der Waals surface area (Å²) in [6, 6.07) is 5.34. The lowest BCUT2D eigenvalue weighted by Gasteiger charge is -2.36. The molecular formula is C18H20Cl2N4O2S. The zero-order chi connectivity index (χ0) is 19.1. The van der Waals surface area contributed by atoms with E-state index >= 15 is 0 Å². The molecule has 1 aliphatic heterocycles. The Bertz CT molecular complexity index is 966. The highest BCUT2D eigenvalue weighted by Gasteiger charge is 2.32. The van der Waals surface area contributed by atoms with Crippen LogP contribution in [-0.2, 0) is 6.42 Å². The van der Waals surface area contributed by atoms with E-state index in [0.717, 1.165) is 23.5 Å². The number of benzene rings is 1. The Hall–Kier alpha value is -1.38. The number of halogens is 2. The van der Waals surface area contributed by atoms with Gasteiger partial charge in [-0.15, -0.1) is 5.10 Å².